The minimum Gasteiger partial charge on any atom is -0.419 e. The van der Waals surface area contributed by atoms with Gasteiger partial charge in [0.15, 0.2) is 0 Å². The molecule has 1 fully saturated rings. The number of carbonyl (C=O) groups is 1. The summed E-state index contributed by atoms with van der Waals surface area (Å²) in [6.45, 7) is 3.82. The monoisotopic (exact) mass is 390 g/mol. The molecule has 2 heterocycles. The summed E-state index contributed by atoms with van der Waals surface area (Å²) >= 11 is 1.58. The number of carbonyl (C=O) groups excluding carboxylic acids is 1. The number of hydrogen-bond acceptors (Lipinski definition) is 6. The largest absolute Gasteiger partial charge is 0.419 e. The third kappa shape index (κ3) is 6.43. The minimum atomic E-state index is 0.104. The molecule has 2 aromatic heterocycles. The van der Waals surface area contributed by atoms with Crippen molar-refractivity contribution in [2.75, 3.05) is 13.1 Å². The van der Waals surface area contributed by atoms with Crippen molar-refractivity contribution in [3.63, 3.8) is 0 Å². The van der Waals surface area contributed by atoms with Crippen molar-refractivity contribution < 1.29 is 9.21 Å². The fraction of sp³-hybridized carbons (Fsp3) is 0.650. The normalized spacial score (nSPS) is 16.2. The van der Waals surface area contributed by atoms with Crippen molar-refractivity contribution in [2.45, 2.75) is 70.9 Å². The van der Waals surface area contributed by atoms with Crippen molar-refractivity contribution in [1.82, 2.24) is 20.4 Å². The first kappa shape index (κ1) is 20.0. The standard InChI is InChI=1S/C20H30N4O2S/c1-2-12-24(14-18(25)21-16-9-6-4-3-5-7-10-16)15-19-22-23-20(26-19)17-11-8-13-27-17/h8,11,13,16H,2-7,9-10,12,14-15H2,1H3,(H,21,25). The molecule has 0 unspecified atom stereocenters. The summed E-state index contributed by atoms with van der Waals surface area (Å²) in [5, 5.41) is 13.5. The van der Waals surface area contributed by atoms with Crippen LogP contribution in [0, 0.1) is 0 Å². The zero-order valence-electron chi connectivity index (χ0n) is 16.2. The average molecular weight is 391 g/mol. The number of amides is 1. The predicted molar refractivity (Wildman–Crippen MR) is 107 cm³/mol. The lowest BCUT2D eigenvalue weighted by atomic mass is 9.97. The maximum atomic E-state index is 12.6. The van der Waals surface area contributed by atoms with Crippen molar-refractivity contribution in [3.8, 4) is 10.8 Å². The zero-order chi connectivity index (χ0) is 18.9. The second kappa shape index (κ2) is 10.6. The molecule has 0 aromatic carbocycles. The van der Waals surface area contributed by atoms with E-state index < -0.39 is 0 Å². The molecule has 0 bridgehead atoms. The topological polar surface area (TPSA) is 71.3 Å². The Morgan fingerprint density at radius 2 is 2.04 bits per heavy atom. The van der Waals surface area contributed by atoms with Gasteiger partial charge in [-0.3, -0.25) is 9.69 Å². The maximum absolute atomic E-state index is 12.6. The molecular formula is C20H30N4O2S. The van der Waals surface area contributed by atoms with Crippen LogP contribution in [0.2, 0.25) is 0 Å². The van der Waals surface area contributed by atoms with E-state index in [1.807, 2.05) is 17.5 Å². The minimum absolute atomic E-state index is 0.104. The summed E-state index contributed by atoms with van der Waals surface area (Å²) in [6, 6.07) is 4.26. The SMILES string of the molecule is CCCN(CC(=O)NC1CCCCCCC1)Cc1nnc(-c2cccs2)o1. The van der Waals surface area contributed by atoms with Gasteiger partial charge < -0.3 is 9.73 Å². The fourth-order valence-electron chi connectivity index (χ4n) is 3.62. The van der Waals surface area contributed by atoms with E-state index in [9.17, 15) is 4.79 Å². The van der Waals surface area contributed by atoms with Gasteiger partial charge in [-0.15, -0.1) is 21.5 Å². The fourth-order valence-corrected chi connectivity index (χ4v) is 4.26. The Hall–Kier alpha value is -1.73. The van der Waals surface area contributed by atoms with E-state index in [2.05, 4.69) is 27.3 Å². The number of aromatic nitrogens is 2. The number of rotatable bonds is 8. The molecule has 3 rings (SSSR count). The molecular weight excluding hydrogens is 360 g/mol. The van der Waals surface area contributed by atoms with Crippen LogP contribution < -0.4 is 5.32 Å². The highest BCUT2D eigenvalue weighted by Gasteiger charge is 2.18. The van der Waals surface area contributed by atoms with Crippen LogP contribution in [0.25, 0.3) is 10.8 Å². The van der Waals surface area contributed by atoms with Gasteiger partial charge in [-0.25, -0.2) is 0 Å². The van der Waals surface area contributed by atoms with Crippen molar-refractivity contribution >= 4 is 17.2 Å². The smallest absolute Gasteiger partial charge is 0.257 e. The molecule has 0 aliphatic heterocycles. The maximum Gasteiger partial charge on any atom is 0.257 e. The van der Waals surface area contributed by atoms with Crippen LogP contribution in [0.15, 0.2) is 21.9 Å². The highest BCUT2D eigenvalue weighted by molar-refractivity contribution is 7.13. The molecule has 148 valence electrons. The Morgan fingerprint density at radius 1 is 1.26 bits per heavy atom. The first-order valence-corrected chi connectivity index (χ1v) is 11.0. The van der Waals surface area contributed by atoms with Crippen LogP contribution in [-0.4, -0.2) is 40.1 Å². The summed E-state index contributed by atoms with van der Waals surface area (Å²) in [5.74, 6) is 1.22. The van der Waals surface area contributed by atoms with Gasteiger partial charge in [0.2, 0.25) is 11.8 Å². The highest BCUT2D eigenvalue weighted by atomic mass is 32.1. The molecule has 6 nitrogen and oxygen atoms in total. The molecule has 2 aromatic rings. The van der Waals surface area contributed by atoms with E-state index in [1.54, 1.807) is 11.3 Å². The van der Waals surface area contributed by atoms with E-state index >= 15 is 0 Å². The van der Waals surface area contributed by atoms with E-state index in [1.165, 1.54) is 32.1 Å². The number of thiophene rings is 1. The Labute approximate surface area is 165 Å². The zero-order valence-corrected chi connectivity index (χ0v) is 17.0. The van der Waals surface area contributed by atoms with Crippen molar-refractivity contribution in [2.24, 2.45) is 0 Å². The molecule has 27 heavy (non-hydrogen) atoms. The Morgan fingerprint density at radius 3 is 2.74 bits per heavy atom. The summed E-state index contributed by atoms with van der Waals surface area (Å²) in [4.78, 5) is 15.6. The Bertz CT molecular complexity index is 678. The Kier molecular flexibility index (Phi) is 7.83. The molecule has 1 saturated carbocycles. The van der Waals surface area contributed by atoms with Crippen LogP contribution in [0.5, 0.6) is 0 Å². The second-order valence-corrected chi connectivity index (χ2v) is 8.25. The van der Waals surface area contributed by atoms with Crippen LogP contribution in [0.3, 0.4) is 0 Å². The van der Waals surface area contributed by atoms with Gasteiger partial charge in [0.25, 0.3) is 5.89 Å². The molecule has 1 aliphatic carbocycles. The van der Waals surface area contributed by atoms with Gasteiger partial charge >= 0.3 is 0 Å². The molecule has 0 saturated heterocycles. The summed E-state index contributed by atoms with van der Waals surface area (Å²) in [5.41, 5.74) is 0. The average Bonchev–Trinajstić information content (AvgIpc) is 3.28. The number of nitrogens with one attached hydrogen (secondary N) is 1. The van der Waals surface area contributed by atoms with E-state index in [0.717, 1.165) is 30.7 Å². The van der Waals surface area contributed by atoms with E-state index in [0.29, 0.717) is 30.9 Å². The van der Waals surface area contributed by atoms with Crippen LogP contribution >= 0.6 is 11.3 Å². The van der Waals surface area contributed by atoms with Gasteiger partial charge in [-0.2, -0.15) is 0 Å². The highest BCUT2D eigenvalue weighted by Crippen LogP contribution is 2.23. The lowest BCUT2D eigenvalue weighted by Gasteiger charge is -2.24. The number of hydrogen-bond donors (Lipinski definition) is 1. The quantitative estimate of drug-likeness (QED) is 0.730. The van der Waals surface area contributed by atoms with Gasteiger partial charge in [-0.05, 0) is 37.3 Å². The van der Waals surface area contributed by atoms with Gasteiger partial charge in [0.1, 0.15) is 0 Å². The molecule has 1 aliphatic rings. The summed E-state index contributed by atoms with van der Waals surface area (Å²) < 4.78 is 5.78. The molecule has 0 atom stereocenters. The predicted octanol–water partition coefficient (Wildman–Crippen LogP) is 4.24. The lowest BCUT2D eigenvalue weighted by molar-refractivity contribution is -0.123. The molecule has 0 spiro atoms. The van der Waals surface area contributed by atoms with Gasteiger partial charge in [0, 0.05) is 6.04 Å². The van der Waals surface area contributed by atoms with Crippen LogP contribution in [-0.2, 0) is 11.3 Å². The third-order valence-corrected chi connectivity index (χ3v) is 5.79. The van der Waals surface area contributed by atoms with E-state index in [4.69, 9.17) is 4.42 Å². The first-order chi connectivity index (χ1) is 13.2. The molecule has 0 radical (unpaired) electrons. The van der Waals surface area contributed by atoms with Crippen LogP contribution in [0.1, 0.15) is 64.2 Å². The first-order valence-electron chi connectivity index (χ1n) is 10.1. The molecule has 7 heteroatoms. The van der Waals surface area contributed by atoms with Crippen LogP contribution in [0.4, 0.5) is 0 Å². The second-order valence-electron chi connectivity index (χ2n) is 7.30. The Balaban J connectivity index is 1.52. The number of nitrogens with zero attached hydrogens (tertiary/aromatic N) is 3. The lowest BCUT2D eigenvalue weighted by Crippen LogP contribution is -2.42. The summed E-state index contributed by atoms with van der Waals surface area (Å²) in [6.07, 6.45) is 9.54. The molecule has 1 amide bonds. The van der Waals surface area contributed by atoms with Crippen molar-refractivity contribution in [1.29, 1.82) is 0 Å². The molecule has 1 N–H and O–H groups in total. The third-order valence-electron chi connectivity index (χ3n) is 4.94. The van der Waals surface area contributed by atoms with E-state index in [-0.39, 0.29) is 5.91 Å². The summed E-state index contributed by atoms with van der Waals surface area (Å²) in [7, 11) is 0. The van der Waals surface area contributed by atoms with Gasteiger partial charge in [0.05, 0.1) is 18.0 Å². The van der Waals surface area contributed by atoms with Gasteiger partial charge in [-0.1, -0.05) is 45.1 Å². The van der Waals surface area contributed by atoms with Crippen molar-refractivity contribution in [3.05, 3.63) is 23.4 Å².